The number of rotatable bonds is 4. The Hall–Kier alpha value is -1.39. The summed E-state index contributed by atoms with van der Waals surface area (Å²) in [5, 5.41) is 2.15. The Morgan fingerprint density at radius 2 is 2.23 bits per heavy atom. The Kier molecular flexibility index (Phi) is 4.00. The molecule has 0 fully saturated rings. The van der Waals surface area contributed by atoms with Crippen LogP contribution in [-0.2, 0) is 5.41 Å². The molecular formula is C18H25N3S. The van der Waals surface area contributed by atoms with Crippen LogP contribution in [0.4, 0.5) is 5.69 Å². The molecule has 2 atom stereocenters. The largest absolute Gasteiger partial charge is 0.361 e. The van der Waals surface area contributed by atoms with Gasteiger partial charge in [0.1, 0.15) is 0 Å². The van der Waals surface area contributed by atoms with Crippen LogP contribution >= 0.6 is 11.3 Å². The molecule has 22 heavy (non-hydrogen) atoms. The number of aryl methyl sites for hydroxylation is 1. The summed E-state index contributed by atoms with van der Waals surface area (Å²) in [4.78, 5) is 8.64. The van der Waals surface area contributed by atoms with Crippen LogP contribution in [-0.4, -0.2) is 17.6 Å². The lowest BCUT2D eigenvalue weighted by Gasteiger charge is -2.32. The smallest absolute Gasteiger partial charge is 0.0710 e. The van der Waals surface area contributed by atoms with Crippen molar-refractivity contribution in [1.29, 1.82) is 0 Å². The molecule has 0 saturated heterocycles. The first-order valence-electron chi connectivity index (χ1n) is 7.91. The van der Waals surface area contributed by atoms with Crippen molar-refractivity contribution in [3.05, 3.63) is 45.9 Å². The van der Waals surface area contributed by atoms with Gasteiger partial charge in [-0.15, -0.1) is 11.3 Å². The first-order chi connectivity index (χ1) is 10.4. The predicted octanol–water partition coefficient (Wildman–Crippen LogP) is 4.03. The van der Waals surface area contributed by atoms with Crippen molar-refractivity contribution in [2.24, 2.45) is 5.73 Å². The topological polar surface area (TPSA) is 42.2 Å². The Balaban J connectivity index is 2.05. The molecule has 0 aromatic carbocycles. The Morgan fingerprint density at radius 1 is 1.45 bits per heavy atom. The van der Waals surface area contributed by atoms with Gasteiger partial charge in [-0.1, -0.05) is 19.9 Å². The number of anilines is 1. The molecule has 118 valence electrons. The van der Waals surface area contributed by atoms with Crippen LogP contribution < -0.4 is 10.6 Å². The standard InChI is InChI=1S/C18H25N3S/c1-12-8-15-17(20-10-12)18(3,4)11-21(15)14(9-13(2)19)16-6-5-7-22-16/h5-8,10,13-14H,9,11,19H2,1-4H3. The van der Waals surface area contributed by atoms with Crippen LogP contribution in [0.25, 0.3) is 0 Å². The van der Waals surface area contributed by atoms with Crippen molar-refractivity contribution in [3.63, 3.8) is 0 Å². The molecule has 4 heteroatoms. The van der Waals surface area contributed by atoms with E-state index in [-0.39, 0.29) is 11.5 Å². The maximum absolute atomic E-state index is 6.15. The summed E-state index contributed by atoms with van der Waals surface area (Å²) in [6.07, 6.45) is 2.94. The summed E-state index contributed by atoms with van der Waals surface area (Å²) in [6, 6.07) is 7.15. The molecule has 3 rings (SSSR count). The zero-order chi connectivity index (χ0) is 15.9. The summed E-state index contributed by atoms with van der Waals surface area (Å²) in [5.74, 6) is 0. The second-order valence-electron chi connectivity index (χ2n) is 7.14. The molecule has 2 N–H and O–H groups in total. The molecular weight excluding hydrogens is 290 g/mol. The zero-order valence-electron chi connectivity index (χ0n) is 13.8. The van der Waals surface area contributed by atoms with Crippen LogP contribution in [0.1, 0.15) is 49.4 Å². The minimum atomic E-state index is 0.0797. The average Bonchev–Trinajstić information content (AvgIpc) is 3.03. The van der Waals surface area contributed by atoms with E-state index in [1.54, 1.807) is 0 Å². The Morgan fingerprint density at radius 3 is 2.86 bits per heavy atom. The monoisotopic (exact) mass is 315 g/mol. The van der Waals surface area contributed by atoms with Crippen LogP contribution in [0, 0.1) is 6.92 Å². The van der Waals surface area contributed by atoms with Gasteiger partial charge in [-0.05, 0) is 43.3 Å². The molecule has 1 aliphatic rings. The number of pyridine rings is 1. The predicted molar refractivity (Wildman–Crippen MR) is 94.7 cm³/mol. The van der Waals surface area contributed by atoms with Gasteiger partial charge in [-0.2, -0.15) is 0 Å². The highest BCUT2D eigenvalue weighted by Crippen LogP contribution is 2.45. The van der Waals surface area contributed by atoms with Crippen LogP contribution in [0.3, 0.4) is 0 Å². The zero-order valence-corrected chi connectivity index (χ0v) is 14.7. The van der Waals surface area contributed by atoms with Gasteiger partial charge in [0.25, 0.3) is 0 Å². The van der Waals surface area contributed by atoms with Gasteiger partial charge >= 0.3 is 0 Å². The molecule has 1 aliphatic heterocycles. The van der Waals surface area contributed by atoms with Crippen LogP contribution in [0.15, 0.2) is 29.8 Å². The van der Waals surface area contributed by atoms with Crippen molar-refractivity contribution in [2.75, 3.05) is 11.4 Å². The molecule has 0 amide bonds. The Bertz CT molecular complexity index is 646. The second kappa shape index (κ2) is 5.67. The normalized spacial score (nSPS) is 19.0. The van der Waals surface area contributed by atoms with Crippen molar-refractivity contribution in [1.82, 2.24) is 4.98 Å². The Labute approximate surface area is 137 Å². The first-order valence-corrected chi connectivity index (χ1v) is 8.79. The number of nitrogens with zero attached hydrogens (tertiary/aromatic N) is 2. The summed E-state index contributed by atoms with van der Waals surface area (Å²) >= 11 is 1.82. The minimum absolute atomic E-state index is 0.0797. The number of hydrogen-bond acceptors (Lipinski definition) is 4. The molecule has 0 saturated carbocycles. The van der Waals surface area contributed by atoms with Crippen LogP contribution in [0.5, 0.6) is 0 Å². The third-order valence-electron chi connectivity index (χ3n) is 4.36. The highest BCUT2D eigenvalue weighted by Gasteiger charge is 2.40. The van der Waals surface area contributed by atoms with E-state index in [0.29, 0.717) is 6.04 Å². The van der Waals surface area contributed by atoms with Crippen molar-refractivity contribution in [2.45, 2.75) is 51.6 Å². The molecule has 3 nitrogen and oxygen atoms in total. The summed E-state index contributed by atoms with van der Waals surface area (Å²) in [5.41, 5.74) is 9.94. The summed E-state index contributed by atoms with van der Waals surface area (Å²) in [6.45, 7) is 9.77. The highest BCUT2D eigenvalue weighted by molar-refractivity contribution is 7.10. The molecule has 2 aromatic rings. The van der Waals surface area contributed by atoms with Gasteiger partial charge in [0.15, 0.2) is 0 Å². The van der Waals surface area contributed by atoms with Gasteiger partial charge < -0.3 is 10.6 Å². The van der Waals surface area contributed by atoms with Crippen molar-refractivity contribution < 1.29 is 0 Å². The molecule has 2 aromatic heterocycles. The number of aromatic nitrogens is 1. The van der Waals surface area contributed by atoms with E-state index in [2.05, 4.69) is 56.2 Å². The number of fused-ring (bicyclic) bond motifs is 1. The van der Waals surface area contributed by atoms with Gasteiger partial charge in [0, 0.05) is 29.1 Å². The maximum Gasteiger partial charge on any atom is 0.0710 e. The number of thiophene rings is 1. The van der Waals surface area contributed by atoms with E-state index in [1.807, 2.05) is 17.5 Å². The fourth-order valence-electron chi connectivity index (χ4n) is 3.39. The van der Waals surface area contributed by atoms with E-state index in [0.717, 1.165) is 13.0 Å². The molecule has 0 bridgehead atoms. The molecule has 2 unspecified atom stereocenters. The highest BCUT2D eigenvalue weighted by atomic mass is 32.1. The van der Waals surface area contributed by atoms with Gasteiger partial charge in [-0.3, -0.25) is 4.98 Å². The lowest BCUT2D eigenvalue weighted by Crippen LogP contribution is -2.34. The van der Waals surface area contributed by atoms with E-state index in [1.165, 1.54) is 21.8 Å². The summed E-state index contributed by atoms with van der Waals surface area (Å²) < 4.78 is 0. The number of nitrogens with two attached hydrogens (primary N) is 1. The minimum Gasteiger partial charge on any atom is -0.361 e. The molecule has 0 spiro atoms. The van der Waals surface area contributed by atoms with E-state index < -0.39 is 0 Å². The third kappa shape index (κ3) is 2.77. The molecule has 0 radical (unpaired) electrons. The molecule has 0 aliphatic carbocycles. The number of hydrogen-bond donors (Lipinski definition) is 1. The fraction of sp³-hybridized carbons (Fsp3) is 0.500. The summed E-state index contributed by atoms with van der Waals surface area (Å²) in [7, 11) is 0. The maximum atomic E-state index is 6.15. The van der Waals surface area contributed by atoms with E-state index in [9.17, 15) is 0 Å². The first kappa shape index (κ1) is 15.5. The average molecular weight is 315 g/mol. The SMILES string of the molecule is Cc1cnc2c(c1)N(C(CC(C)N)c1cccs1)CC2(C)C. The van der Waals surface area contributed by atoms with Gasteiger partial charge in [-0.25, -0.2) is 0 Å². The van der Waals surface area contributed by atoms with Crippen molar-refractivity contribution >= 4 is 17.0 Å². The van der Waals surface area contributed by atoms with Gasteiger partial charge in [0.05, 0.1) is 17.4 Å². The lowest BCUT2D eigenvalue weighted by molar-refractivity contribution is 0.479. The lowest BCUT2D eigenvalue weighted by atomic mass is 9.91. The molecule has 3 heterocycles. The van der Waals surface area contributed by atoms with E-state index >= 15 is 0 Å². The quantitative estimate of drug-likeness (QED) is 0.926. The van der Waals surface area contributed by atoms with Crippen molar-refractivity contribution in [3.8, 4) is 0 Å². The third-order valence-corrected chi connectivity index (χ3v) is 5.34. The van der Waals surface area contributed by atoms with Gasteiger partial charge in [0.2, 0.25) is 0 Å². The second-order valence-corrected chi connectivity index (χ2v) is 8.12. The fourth-order valence-corrected chi connectivity index (χ4v) is 4.24. The van der Waals surface area contributed by atoms with E-state index in [4.69, 9.17) is 10.7 Å². The van der Waals surface area contributed by atoms with Crippen LogP contribution in [0.2, 0.25) is 0 Å².